The van der Waals surface area contributed by atoms with Crippen molar-refractivity contribution in [2.45, 2.75) is 45.5 Å². The standard InChI is InChI=1S/C15H18F3N5/c1-2-11-7-12(5-6-19-11)20-8-14-22-21-13-4-3-10(9-23(13)14)15(16,17)18/h5-7,10H,2-4,8-9H2,1H3,(H,19,20)/t10-/m1/s1. The highest BCUT2D eigenvalue weighted by Gasteiger charge is 2.42. The predicted molar refractivity (Wildman–Crippen MR) is 78.8 cm³/mol. The summed E-state index contributed by atoms with van der Waals surface area (Å²) in [7, 11) is 0. The number of nitrogens with one attached hydrogen (secondary N) is 1. The lowest BCUT2D eigenvalue weighted by Crippen LogP contribution is -2.33. The first-order valence-corrected chi connectivity index (χ1v) is 7.64. The number of anilines is 1. The summed E-state index contributed by atoms with van der Waals surface area (Å²) in [5.41, 5.74) is 1.83. The summed E-state index contributed by atoms with van der Waals surface area (Å²) in [6.07, 6.45) is -1.25. The monoisotopic (exact) mass is 325 g/mol. The topological polar surface area (TPSA) is 55.6 Å². The Morgan fingerprint density at radius 1 is 1.35 bits per heavy atom. The van der Waals surface area contributed by atoms with Crippen molar-refractivity contribution >= 4 is 5.69 Å². The Morgan fingerprint density at radius 2 is 2.17 bits per heavy atom. The highest BCUT2D eigenvalue weighted by atomic mass is 19.4. The Balaban J connectivity index is 1.72. The zero-order valence-electron chi connectivity index (χ0n) is 12.8. The van der Waals surface area contributed by atoms with Crippen LogP contribution in [0.3, 0.4) is 0 Å². The van der Waals surface area contributed by atoms with Gasteiger partial charge in [0.25, 0.3) is 0 Å². The van der Waals surface area contributed by atoms with Gasteiger partial charge < -0.3 is 9.88 Å². The first-order valence-electron chi connectivity index (χ1n) is 7.64. The normalized spacial score (nSPS) is 17.8. The fourth-order valence-electron chi connectivity index (χ4n) is 2.74. The molecule has 2 aromatic rings. The van der Waals surface area contributed by atoms with Crippen LogP contribution in [0.1, 0.15) is 30.7 Å². The van der Waals surface area contributed by atoms with Crippen LogP contribution in [-0.2, 0) is 25.9 Å². The Labute approximate surface area is 131 Å². The van der Waals surface area contributed by atoms with Crippen LogP contribution in [0.4, 0.5) is 18.9 Å². The molecule has 3 heterocycles. The number of halogens is 3. The second kappa shape index (κ2) is 6.17. The quantitative estimate of drug-likeness (QED) is 0.939. The molecule has 0 aromatic carbocycles. The molecule has 0 radical (unpaired) electrons. The van der Waals surface area contributed by atoms with Crippen molar-refractivity contribution in [3.8, 4) is 0 Å². The van der Waals surface area contributed by atoms with Gasteiger partial charge in [-0.3, -0.25) is 4.98 Å². The number of rotatable bonds is 4. The van der Waals surface area contributed by atoms with Crippen molar-refractivity contribution in [3.63, 3.8) is 0 Å². The summed E-state index contributed by atoms with van der Waals surface area (Å²) in [4.78, 5) is 4.21. The maximum atomic E-state index is 12.9. The summed E-state index contributed by atoms with van der Waals surface area (Å²) in [5, 5.41) is 11.2. The SMILES string of the molecule is CCc1cc(NCc2nnc3n2C[C@H](C(F)(F)F)CC3)ccn1. The molecule has 5 nitrogen and oxygen atoms in total. The minimum atomic E-state index is -4.17. The first-order chi connectivity index (χ1) is 11.0. The van der Waals surface area contributed by atoms with Crippen LogP contribution < -0.4 is 5.32 Å². The largest absolute Gasteiger partial charge is 0.393 e. The van der Waals surface area contributed by atoms with E-state index < -0.39 is 12.1 Å². The maximum Gasteiger partial charge on any atom is 0.393 e. The molecule has 8 heteroatoms. The van der Waals surface area contributed by atoms with Crippen molar-refractivity contribution in [1.82, 2.24) is 19.7 Å². The minimum Gasteiger partial charge on any atom is -0.378 e. The van der Waals surface area contributed by atoms with Crippen LogP contribution in [0, 0.1) is 5.92 Å². The number of aryl methyl sites for hydroxylation is 2. The Kier molecular flexibility index (Phi) is 4.23. The van der Waals surface area contributed by atoms with E-state index in [1.54, 1.807) is 10.8 Å². The lowest BCUT2D eigenvalue weighted by atomic mass is 9.99. The molecule has 23 heavy (non-hydrogen) atoms. The number of fused-ring (bicyclic) bond motifs is 1. The van der Waals surface area contributed by atoms with E-state index in [2.05, 4.69) is 20.5 Å². The average molecular weight is 325 g/mol. The average Bonchev–Trinajstić information content (AvgIpc) is 2.94. The van der Waals surface area contributed by atoms with Gasteiger partial charge in [0.15, 0.2) is 5.82 Å². The molecule has 0 spiro atoms. The van der Waals surface area contributed by atoms with Gasteiger partial charge in [0.05, 0.1) is 12.5 Å². The molecule has 1 atom stereocenters. The van der Waals surface area contributed by atoms with E-state index in [9.17, 15) is 13.2 Å². The van der Waals surface area contributed by atoms with E-state index in [1.165, 1.54) is 0 Å². The lowest BCUT2D eigenvalue weighted by molar-refractivity contribution is -0.182. The first kappa shape index (κ1) is 15.8. The molecule has 124 valence electrons. The summed E-state index contributed by atoms with van der Waals surface area (Å²) in [6, 6.07) is 3.75. The molecule has 0 fully saturated rings. The van der Waals surface area contributed by atoms with Crippen molar-refractivity contribution < 1.29 is 13.2 Å². The molecule has 0 unspecified atom stereocenters. The van der Waals surface area contributed by atoms with Gasteiger partial charge in [0, 0.05) is 30.5 Å². The van der Waals surface area contributed by atoms with Crippen LogP contribution in [0.2, 0.25) is 0 Å². The molecule has 0 saturated heterocycles. The second-order valence-corrected chi connectivity index (χ2v) is 5.66. The highest BCUT2D eigenvalue weighted by molar-refractivity contribution is 5.43. The molecule has 0 saturated carbocycles. The Hall–Kier alpha value is -2.12. The maximum absolute atomic E-state index is 12.9. The summed E-state index contributed by atoms with van der Waals surface area (Å²) in [5.74, 6) is -0.160. The third-order valence-corrected chi connectivity index (χ3v) is 4.12. The number of aromatic nitrogens is 4. The second-order valence-electron chi connectivity index (χ2n) is 5.66. The molecule has 1 N–H and O–H groups in total. The molecule has 3 rings (SSSR count). The third-order valence-electron chi connectivity index (χ3n) is 4.12. The van der Waals surface area contributed by atoms with Crippen molar-refractivity contribution in [2.24, 2.45) is 5.92 Å². The van der Waals surface area contributed by atoms with Crippen LogP contribution in [0.15, 0.2) is 18.3 Å². The molecule has 0 amide bonds. The molecule has 0 aliphatic carbocycles. The van der Waals surface area contributed by atoms with Crippen LogP contribution in [0.25, 0.3) is 0 Å². The summed E-state index contributed by atoms with van der Waals surface area (Å²) >= 11 is 0. The zero-order valence-corrected chi connectivity index (χ0v) is 12.8. The fourth-order valence-corrected chi connectivity index (χ4v) is 2.74. The molecule has 1 aliphatic rings. The van der Waals surface area contributed by atoms with Crippen LogP contribution >= 0.6 is 0 Å². The molecular weight excluding hydrogens is 307 g/mol. The Bertz CT molecular complexity index is 680. The third kappa shape index (κ3) is 3.46. The van der Waals surface area contributed by atoms with Crippen molar-refractivity contribution in [1.29, 1.82) is 0 Å². The molecule has 1 aliphatic heterocycles. The number of hydrogen-bond acceptors (Lipinski definition) is 4. The summed E-state index contributed by atoms with van der Waals surface area (Å²) < 4.78 is 40.4. The van der Waals surface area contributed by atoms with Gasteiger partial charge in [-0.2, -0.15) is 13.2 Å². The van der Waals surface area contributed by atoms with Crippen molar-refractivity contribution in [3.05, 3.63) is 35.7 Å². The van der Waals surface area contributed by atoms with Gasteiger partial charge in [-0.25, -0.2) is 0 Å². The smallest absolute Gasteiger partial charge is 0.378 e. The van der Waals surface area contributed by atoms with Crippen molar-refractivity contribution in [2.75, 3.05) is 5.32 Å². The van der Waals surface area contributed by atoms with Crippen LogP contribution in [0.5, 0.6) is 0 Å². The summed E-state index contributed by atoms with van der Waals surface area (Å²) in [6.45, 7) is 2.25. The van der Waals surface area contributed by atoms with E-state index in [1.807, 2.05) is 19.1 Å². The van der Waals surface area contributed by atoms with Gasteiger partial charge >= 0.3 is 6.18 Å². The zero-order chi connectivity index (χ0) is 16.4. The van der Waals surface area contributed by atoms with Gasteiger partial charge in [-0.1, -0.05) is 6.92 Å². The van der Waals surface area contributed by atoms with Gasteiger partial charge in [0.2, 0.25) is 0 Å². The van der Waals surface area contributed by atoms with Gasteiger partial charge in [0.1, 0.15) is 5.82 Å². The number of nitrogens with zero attached hydrogens (tertiary/aromatic N) is 4. The van der Waals surface area contributed by atoms with E-state index in [-0.39, 0.29) is 13.0 Å². The van der Waals surface area contributed by atoms with Gasteiger partial charge in [-0.05, 0) is 25.0 Å². The predicted octanol–water partition coefficient (Wildman–Crippen LogP) is 2.97. The fraction of sp³-hybridized carbons (Fsp3) is 0.533. The van der Waals surface area contributed by atoms with E-state index >= 15 is 0 Å². The van der Waals surface area contributed by atoms with E-state index in [0.717, 1.165) is 17.8 Å². The Morgan fingerprint density at radius 3 is 2.91 bits per heavy atom. The molecule has 2 aromatic heterocycles. The highest BCUT2D eigenvalue weighted by Crippen LogP contribution is 2.34. The minimum absolute atomic E-state index is 0.0826. The van der Waals surface area contributed by atoms with E-state index in [0.29, 0.717) is 24.6 Å². The lowest BCUT2D eigenvalue weighted by Gasteiger charge is -2.26. The molecule has 0 bridgehead atoms. The molecular formula is C15H18F3N5. The van der Waals surface area contributed by atoms with E-state index in [4.69, 9.17) is 0 Å². The van der Waals surface area contributed by atoms with Gasteiger partial charge in [-0.15, -0.1) is 10.2 Å². The number of alkyl halides is 3. The van der Waals surface area contributed by atoms with Crippen LogP contribution in [-0.4, -0.2) is 25.9 Å². The number of pyridine rings is 1. The number of hydrogen-bond donors (Lipinski definition) is 1.